The summed E-state index contributed by atoms with van der Waals surface area (Å²) in [6.07, 6.45) is 2.64. The predicted molar refractivity (Wildman–Crippen MR) is 98.5 cm³/mol. The van der Waals surface area contributed by atoms with E-state index >= 15 is 0 Å². The van der Waals surface area contributed by atoms with Crippen LogP contribution in [0.3, 0.4) is 0 Å². The number of pyridine rings is 1. The molecule has 2 aromatic rings. The molecule has 0 aliphatic heterocycles. The fourth-order valence-electron chi connectivity index (χ4n) is 2.24. The average Bonchev–Trinajstić information content (AvgIpc) is 2.56. The van der Waals surface area contributed by atoms with Gasteiger partial charge in [-0.25, -0.2) is 0 Å². The van der Waals surface area contributed by atoms with Crippen LogP contribution in [0.25, 0.3) is 0 Å². The molecule has 24 heavy (non-hydrogen) atoms. The number of carbonyl (C=O) groups excluding carboxylic acids is 1. The highest BCUT2D eigenvalue weighted by Gasteiger charge is 2.06. The van der Waals surface area contributed by atoms with Gasteiger partial charge in [0.1, 0.15) is 6.61 Å². The minimum atomic E-state index is -0.256. The molecule has 1 aromatic carbocycles. The molecule has 0 aliphatic carbocycles. The molecule has 0 saturated heterocycles. The molecule has 2 rings (SSSR count). The van der Waals surface area contributed by atoms with Crippen LogP contribution >= 0.6 is 15.9 Å². The molecule has 128 valence electrons. The van der Waals surface area contributed by atoms with Crippen molar-refractivity contribution in [3.63, 3.8) is 0 Å². The van der Waals surface area contributed by atoms with Crippen molar-refractivity contribution in [3.05, 3.63) is 63.0 Å². The first-order valence-corrected chi connectivity index (χ1v) is 8.53. The molecule has 6 heteroatoms. The third kappa shape index (κ3) is 5.53. The lowest BCUT2D eigenvalue weighted by Gasteiger charge is -2.13. The molecule has 0 aliphatic rings. The Hall–Kier alpha value is -2.08. The van der Waals surface area contributed by atoms with Crippen molar-refractivity contribution in [1.82, 2.24) is 4.57 Å². The zero-order chi connectivity index (χ0) is 17.5. The largest absolute Gasteiger partial charge is 0.464 e. The van der Waals surface area contributed by atoms with Gasteiger partial charge in [0.05, 0.1) is 6.54 Å². The number of benzene rings is 1. The van der Waals surface area contributed by atoms with Gasteiger partial charge in [-0.05, 0) is 46.1 Å². The van der Waals surface area contributed by atoms with Crippen molar-refractivity contribution >= 4 is 27.6 Å². The van der Waals surface area contributed by atoms with Crippen molar-refractivity contribution in [3.8, 4) is 0 Å². The highest BCUT2D eigenvalue weighted by atomic mass is 79.9. The third-order valence-electron chi connectivity index (χ3n) is 3.59. The predicted octanol–water partition coefficient (Wildman–Crippen LogP) is 2.85. The number of hydrogen-bond acceptors (Lipinski definition) is 4. The van der Waals surface area contributed by atoms with Crippen LogP contribution in [0.2, 0.25) is 0 Å². The molecule has 1 heterocycles. The standard InChI is InChI=1S/C18H21BrN2O3/c1-20(2)16-5-3-4-14(12-16)6-9-18(23)24-11-10-21-13-15(19)7-8-17(21)22/h3-5,7-8,12-13H,6,9-11H2,1-2H3. The van der Waals surface area contributed by atoms with E-state index in [1.165, 1.54) is 10.6 Å². The summed E-state index contributed by atoms with van der Waals surface area (Å²) < 4.78 is 7.54. The van der Waals surface area contributed by atoms with Gasteiger partial charge < -0.3 is 14.2 Å². The first kappa shape index (κ1) is 18.3. The van der Waals surface area contributed by atoms with Gasteiger partial charge in [0.2, 0.25) is 0 Å². The summed E-state index contributed by atoms with van der Waals surface area (Å²) in [6.45, 7) is 0.535. The number of ether oxygens (including phenoxy) is 1. The zero-order valence-electron chi connectivity index (χ0n) is 13.9. The van der Waals surface area contributed by atoms with E-state index in [0.29, 0.717) is 19.4 Å². The van der Waals surface area contributed by atoms with Gasteiger partial charge in [0.15, 0.2) is 0 Å². The van der Waals surface area contributed by atoms with Gasteiger partial charge in [-0.3, -0.25) is 9.59 Å². The van der Waals surface area contributed by atoms with Crippen LogP contribution < -0.4 is 10.5 Å². The number of aryl methyl sites for hydroxylation is 1. The molecule has 0 radical (unpaired) electrons. The maximum absolute atomic E-state index is 11.8. The van der Waals surface area contributed by atoms with E-state index in [9.17, 15) is 9.59 Å². The van der Waals surface area contributed by atoms with Crippen LogP contribution in [0.1, 0.15) is 12.0 Å². The maximum Gasteiger partial charge on any atom is 0.306 e. The van der Waals surface area contributed by atoms with Crippen LogP contribution in [0.5, 0.6) is 0 Å². The van der Waals surface area contributed by atoms with Crippen LogP contribution in [0.4, 0.5) is 5.69 Å². The molecule has 0 amide bonds. The summed E-state index contributed by atoms with van der Waals surface area (Å²) in [5.74, 6) is -0.256. The molecule has 0 fully saturated rings. The average molecular weight is 393 g/mol. The molecule has 0 unspecified atom stereocenters. The van der Waals surface area contributed by atoms with Crippen molar-refractivity contribution in [2.45, 2.75) is 19.4 Å². The van der Waals surface area contributed by atoms with Crippen molar-refractivity contribution < 1.29 is 9.53 Å². The maximum atomic E-state index is 11.8. The Bertz CT molecular complexity index is 756. The molecule has 5 nitrogen and oxygen atoms in total. The van der Waals surface area contributed by atoms with E-state index in [4.69, 9.17) is 4.74 Å². The Morgan fingerprint density at radius 3 is 2.79 bits per heavy atom. The summed E-state index contributed by atoms with van der Waals surface area (Å²) in [6, 6.07) is 11.2. The van der Waals surface area contributed by atoms with Crippen LogP contribution in [0.15, 0.2) is 51.9 Å². The number of anilines is 1. The summed E-state index contributed by atoms with van der Waals surface area (Å²) in [4.78, 5) is 25.5. The minimum Gasteiger partial charge on any atom is -0.464 e. The number of carbonyl (C=O) groups is 1. The second kappa shape index (κ2) is 8.68. The van der Waals surface area contributed by atoms with E-state index in [-0.39, 0.29) is 18.1 Å². The van der Waals surface area contributed by atoms with Gasteiger partial charge in [0, 0.05) is 42.9 Å². The summed E-state index contributed by atoms with van der Waals surface area (Å²) >= 11 is 3.31. The van der Waals surface area contributed by atoms with E-state index in [0.717, 1.165) is 15.7 Å². The number of halogens is 1. The van der Waals surface area contributed by atoms with E-state index in [2.05, 4.69) is 22.0 Å². The number of esters is 1. The molecule has 0 spiro atoms. The second-order valence-electron chi connectivity index (χ2n) is 5.66. The van der Waals surface area contributed by atoms with Gasteiger partial charge in [-0.2, -0.15) is 0 Å². The number of aromatic nitrogens is 1. The highest BCUT2D eigenvalue weighted by Crippen LogP contribution is 2.14. The van der Waals surface area contributed by atoms with Gasteiger partial charge in [-0.15, -0.1) is 0 Å². The number of nitrogens with zero attached hydrogens (tertiary/aromatic N) is 2. The summed E-state index contributed by atoms with van der Waals surface area (Å²) in [7, 11) is 3.97. The Balaban J connectivity index is 1.78. The van der Waals surface area contributed by atoms with Crippen LogP contribution in [0, 0.1) is 0 Å². The van der Waals surface area contributed by atoms with Gasteiger partial charge in [0.25, 0.3) is 5.56 Å². The fraction of sp³-hybridized carbons (Fsp3) is 0.333. The van der Waals surface area contributed by atoms with Crippen LogP contribution in [-0.4, -0.2) is 31.2 Å². The highest BCUT2D eigenvalue weighted by molar-refractivity contribution is 9.10. The Morgan fingerprint density at radius 1 is 1.25 bits per heavy atom. The van der Waals surface area contributed by atoms with Crippen molar-refractivity contribution in [2.75, 3.05) is 25.6 Å². The SMILES string of the molecule is CN(C)c1cccc(CCC(=O)OCCn2cc(Br)ccc2=O)c1. The monoisotopic (exact) mass is 392 g/mol. The molecular weight excluding hydrogens is 372 g/mol. The summed E-state index contributed by atoms with van der Waals surface area (Å²) in [5, 5.41) is 0. The van der Waals surface area contributed by atoms with E-state index in [1.807, 2.05) is 37.2 Å². The van der Waals surface area contributed by atoms with Crippen LogP contribution in [-0.2, 0) is 22.5 Å². The van der Waals surface area contributed by atoms with Crippen molar-refractivity contribution in [2.24, 2.45) is 0 Å². The smallest absolute Gasteiger partial charge is 0.306 e. The molecule has 0 bridgehead atoms. The Kier molecular flexibility index (Phi) is 6.61. The molecule has 0 N–H and O–H groups in total. The van der Waals surface area contributed by atoms with Gasteiger partial charge in [-0.1, -0.05) is 12.1 Å². The van der Waals surface area contributed by atoms with Crippen molar-refractivity contribution in [1.29, 1.82) is 0 Å². The Morgan fingerprint density at radius 2 is 2.04 bits per heavy atom. The molecule has 0 atom stereocenters. The minimum absolute atomic E-state index is 0.116. The van der Waals surface area contributed by atoms with Gasteiger partial charge >= 0.3 is 5.97 Å². The molecule has 0 saturated carbocycles. The van der Waals surface area contributed by atoms with E-state index in [1.54, 1.807) is 12.3 Å². The fourth-order valence-corrected chi connectivity index (χ4v) is 2.62. The molecule has 1 aromatic heterocycles. The quantitative estimate of drug-likeness (QED) is 0.679. The second-order valence-corrected chi connectivity index (χ2v) is 6.58. The lowest BCUT2D eigenvalue weighted by molar-refractivity contribution is -0.143. The lowest BCUT2D eigenvalue weighted by Crippen LogP contribution is -2.22. The van der Waals surface area contributed by atoms with E-state index < -0.39 is 0 Å². The number of rotatable bonds is 7. The Labute approximate surface area is 150 Å². The summed E-state index contributed by atoms with van der Waals surface area (Å²) in [5.41, 5.74) is 2.09. The third-order valence-corrected chi connectivity index (χ3v) is 4.06. The topological polar surface area (TPSA) is 51.5 Å². The zero-order valence-corrected chi connectivity index (χ0v) is 15.5. The first-order chi connectivity index (χ1) is 11.5. The lowest BCUT2D eigenvalue weighted by atomic mass is 10.1. The molecular formula is C18H21BrN2O3. The normalized spacial score (nSPS) is 10.5. The first-order valence-electron chi connectivity index (χ1n) is 7.73. The number of hydrogen-bond donors (Lipinski definition) is 0.